The zero-order valence-electron chi connectivity index (χ0n) is 8.04. The maximum absolute atomic E-state index is 5.23. The first-order chi connectivity index (χ1) is 6.27. The summed E-state index contributed by atoms with van der Waals surface area (Å²) in [5.74, 6) is 0. The average molecular weight is 210 g/mol. The molecule has 4 nitrogen and oxygen atoms in total. The van der Waals surface area contributed by atoms with Crippen LogP contribution in [0.3, 0.4) is 0 Å². The molecule has 0 fully saturated rings. The Balaban J connectivity index is -0.000000720. The summed E-state index contributed by atoms with van der Waals surface area (Å²) < 4.78 is 10.4. The number of nitrogens with two attached hydrogens (primary N) is 1. The van der Waals surface area contributed by atoms with E-state index in [0.717, 1.165) is 13.0 Å². The minimum Gasteiger partial charge on any atom is -0.379 e. The smallest absolute Gasteiger partial charge is 0.163 e. The van der Waals surface area contributed by atoms with E-state index in [2.05, 4.69) is 24.5 Å². The Morgan fingerprint density at radius 3 is 2.46 bits per heavy atom. The van der Waals surface area contributed by atoms with Crippen molar-refractivity contribution in [1.82, 2.24) is 5.32 Å². The number of rotatable bonds is 8. The Kier molecular flexibility index (Phi) is 9.41. The Hall–Kier alpha value is -0.390. The van der Waals surface area contributed by atoms with Gasteiger partial charge >= 0.3 is 0 Å². The van der Waals surface area contributed by atoms with Crippen molar-refractivity contribution in [3.63, 3.8) is 0 Å². The molecule has 0 bridgehead atoms. The molecule has 0 aromatic carbocycles. The lowest BCUT2D eigenvalue weighted by Gasteiger charge is -2.05. The second-order valence-corrected chi connectivity index (χ2v) is 2.96. The van der Waals surface area contributed by atoms with E-state index in [1.165, 1.54) is 0 Å². The van der Waals surface area contributed by atoms with Crippen molar-refractivity contribution in [3.8, 4) is 0 Å². The summed E-state index contributed by atoms with van der Waals surface area (Å²) in [5.41, 5.74) is 5.21. The molecular weight excluding hydrogens is 188 g/mol. The Labute approximate surface area is 87.7 Å². The SMILES string of the molecule is CCCOCCOCCNC(N)=S.[HH].[HH]. The molecule has 0 heterocycles. The molecule has 5 heteroatoms. The lowest BCUT2D eigenvalue weighted by atomic mass is 10.5. The van der Waals surface area contributed by atoms with Gasteiger partial charge < -0.3 is 20.5 Å². The highest BCUT2D eigenvalue weighted by Gasteiger charge is 1.89. The van der Waals surface area contributed by atoms with Gasteiger partial charge in [-0.25, -0.2) is 0 Å². The van der Waals surface area contributed by atoms with Crippen LogP contribution in [0, 0.1) is 0 Å². The Morgan fingerprint density at radius 2 is 1.92 bits per heavy atom. The molecule has 0 radical (unpaired) electrons. The van der Waals surface area contributed by atoms with Gasteiger partial charge in [-0.05, 0) is 18.6 Å². The topological polar surface area (TPSA) is 56.5 Å². The summed E-state index contributed by atoms with van der Waals surface area (Å²) in [6, 6.07) is 0. The third kappa shape index (κ3) is 11.6. The van der Waals surface area contributed by atoms with Crippen LogP contribution in [0.15, 0.2) is 0 Å². The van der Waals surface area contributed by atoms with Crippen LogP contribution in [0.5, 0.6) is 0 Å². The molecule has 13 heavy (non-hydrogen) atoms. The fourth-order valence-corrected chi connectivity index (χ4v) is 0.815. The largest absolute Gasteiger partial charge is 0.379 e. The van der Waals surface area contributed by atoms with Crippen molar-refractivity contribution >= 4 is 17.3 Å². The Bertz CT molecular complexity index is 142. The standard InChI is InChI=1S/C8H18N2O2S.2H2/c1-2-4-11-6-7-12-5-3-10-8(9)13;;/h2-7H2,1H3,(H3,9,10,13);2*1H. The second-order valence-electron chi connectivity index (χ2n) is 2.52. The highest BCUT2D eigenvalue weighted by molar-refractivity contribution is 7.80. The summed E-state index contributed by atoms with van der Waals surface area (Å²) in [6.07, 6.45) is 1.04. The number of hydrogen-bond acceptors (Lipinski definition) is 3. The number of ether oxygens (including phenoxy) is 2. The molecule has 0 aliphatic carbocycles. The molecular formula is C8H22N2O2S. The van der Waals surface area contributed by atoms with Crippen LogP contribution >= 0.6 is 12.2 Å². The molecule has 3 N–H and O–H groups in total. The van der Waals surface area contributed by atoms with E-state index in [1.807, 2.05) is 0 Å². The minimum absolute atomic E-state index is 0. The fraction of sp³-hybridized carbons (Fsp3) is 0.875. The maximum atomic E-state index is 5.23. The molecule has 0 aliphatic heterocycles. The lowest BCUT2D eigenvalue weighted by Crippen LogP contribution is -2.32. The summed E-state index contributed by atoms with van der Waals surface area (Å²) in [5, 5.41) is 3.10. The molecule has 0 aliphatic rings. The van der Waals surface area contributed by atoms with Crippen LogP contribution in [-0.2, 0) is 9.47 Å². The van der Waals surface area contributed by atoms with Crippen LogP contribution in [0.2, 0.25) is 0 Å². The van der Waals surface area contributed by atoms with E-state index < -0.39 is 0 Å². The van der Waals surface area contributed by atoms with Crippen molar-refractivity contribution in [3.05, 3.63) is 0 Å². The third-order valence-electron chi connectivity index (χ3n) is 1.27. The van der Waals surface area contributed by atoms with Crippen molar-refractivity contribution in [2.75, 3.05) is 33.0 Å². The van der Waals surface area contributed by atoms with Gasteiger partial charge in [-0.3, -0.25) is 0 Å². The van der Waals surface area contributed by atoms with Gasteiger partial charge in [0.1, 0.15) is 0 Å². The van der Waals surface area contributed by atoms with Crippen LogP contribution in [0.25, 0.3) is 0 Å². The van der Waals surface area contributed by atoms with Gasteiger partial charge in [-0.1, -0.05) is 6.92 Å². The first-order valence-corrected chi connectivity index (χ1v) is 4.87. The molecule has 0 unspecified atom stereocenters. The van der Waals surface area contributed by atoms with Gasteiger partial charge in [0.25, 0.3) is 0 Å². The summed E-state index contributed by atoms with van der Waals surface area (Å²) in [7, 11) is 0. The maximum Gasteiger partial charge on any atom is 0.163 e. The summed E-state index contributed by atoms with van der Waals surface area (Å²) >= 11 is 4.62. The highest BCUT2D eigenvalue weighted by Crippen LogP contribution is 1.81. The van der Waals surface area contributed by atoms with Crippen molar-refractivity contribution in [1.29, 1.82) is 0 Å². The molecule has 0 saturated carbocycles. The van der Waals surface area contributed by atoms with Crippen molar-refractivity contribution < 1.29 is 12.3 Å². The fourth-order valence-electron chi connectivity index (χ4n) is 0.713. The van der Waals surface area contributed by atoms with E-state index in [9.17, 15) is 0 Å². The van der Waals surface area contributed by atoms with E-state index in [4.69, 9.17) is 15.2 Å². The van der Waals surface area contributed by atoms with Crippen LogP contribution in [0.1, 0.15) is 16.2 Å². The average Bonchev–Trinajstić information content (AvgIpc) is 2.09. The molecule has 0 saturated heterocycles. The highest BCUT2D eigenvalue weighted by atomic mass is 32.1. The molecule has 0 aromatic rings. The van der Waals surface area contributed by atoms with E-state index in [1.54, 1.807) is 0 Å². The summed E-state index contributed by atoms with van der Waals surface area (Å²) in [6.45, 7) is 5.41. The van der Waals surface area contributed by atoms with Crippen LogP contribution in [0.4, 0.5) is 0 Å². The first kappa shape index (κ1) is 12.6. The third-order valence-corrected chi connectivity index (χ3v) is 1.41. The quantitative estimate of drug-likeness (QED) is 0.457. The van der Waals surface area contributed by atoms with E-state index >= 15 is 0 Å². The zero-order chi connectivity index (χ0) is 9.94. The van der Waals surface area contributed by atoms with Gasteiger partial charge in [0.2, 0.25) is 0 Å². The van der Waals surface area contributed by atoms with E-state index in [-0.39, 0.29) is 2.85 Å². The zero-order valence-corrected chi connectivity index (χ0v) is 8.86. The summed E-state index contributed by atoms with van der Waals surface area (Å²) in [4.78, 5) is 0. The Morgan fingerprint density at radius 1 is 1.31 bits per heavy atom. The molecule has 0 spiro atoms. The molecule has 0 amide bonds. The van der Waals surface area contributed by atoms with Crippen LogP contribution < -0.4 is 11.1 Å². The number of nitrogens with one attached hydrogen (secondary N) is 1. The molecule has 0 atom stereocenters. The van der Waals surface area contributed by atoms with Gasteiger partial charge in [0, 0.05) is 16.0 Å². The monoisotopic (exact) mass is 210 g/mol. The number of thiocarbonyl (C=S) groups is 1. The van der Waals surface area contributed by atoms with Gasteiger partial charge in [-0.15, -0.1) is 0 Å². The predicted octanol–water partition coefficient (Wildman–Crippen LogP) is 0.755. The van der Waals surface area contributed by atoms with Crippen molar-refractivity contribution in [2.45, 2.75) is 13.3 Å². The normalized spacial score (nSPS) is 9.92. The van der Waals surface area contributed by atoms with Gasteiger partial charge in [-0.2, -0.15) is 0 Å². The first-order valence-electron chi connectivity index (χ1n) is 4.46. The van der Waals surface area contributed by atoms with Gasteiger partial charge in [0.05, 0.1) is 19.8 Å². The molecule has 0 aromatic heterocycles. The second kappa shape index (κ2) is 9.70. The minimum atomic E-state index is 0. The predicted molar refractivity (Wildman–Crippen MR) is 60.9 cm³/mol. The lowest BCUT2D eigenvalue weighted by molar-refractivity contribution is 0.0501. The van der Waals surface area contributed by atoms with Gasteiger partial charge in [0.15, 0.2) is 5.11 Å². The number of hydrogen-bond donors (Lipinski definition) is 2. The van der Waals surface area contributed by atoms with E-state index in [0.29, 0.717) is 31.5 Å². The van der Waals surface area contributed by atoms with Crippen molar-refractivity contribution in [2.24, 2.45) is 5.73 Å². The molecule has 82 valence electrons. The molecule has 0 rings (SSSR count). The van der Waals surface area contributed by atoms with Crippen LogP contribution in [-0.4, -0.2) is 38.1 Å².